The Kier molecular flexibility index (Phi) is 8.24. The summed E-state index contributed by atoms with van der Waals surface area (Å²) in [6, 6.07) is 8.90. The number of benzene rings is 1. The molecular weight excluding hydrogens is 425 g/mol. The van der Waals surface area contributed by atoms with E-state index in [1.54, 1.807) is 6.20 Å². The van der Waals surface area contributed by atoms with E-state index in [2.05, 4.69) is 40.7 Å². The SMILES string of the molecule is CCNC(=NCc1ccccc1-n1ccnc1)NC1CCCCC1.I. The van der Waals surface area contributed by atoms with Gasteiger partial charge in [-0.1, -0.05) is 37.5 Å². The molecule has 1 fully saturated rings. The van der Waals surface area contributed by atoms with Crippen LogP contribution in [0, 0.1) is 0 Å². The molecule has 0 aliphatic heterocycles. The first kappa shape index (κ1) is 19.8. The Morgan fingerprint density at radius 3 is 2.76 bits per heavy atom. The number of aromatic nitrogens is 2. The molecule has 1 saturated carbocycles. The average molecular weight is 453 g/mol. The van der Waals surface area contributed by atoms with Gasteiger partial charge in [0.15, 0.2) is 5.96 Å². The van der Waals surface area contributed by atoms with Gasteiger partial charge in [0.1, 0.15) is 0 Å². The molecule has 3 rings (SSSR count). The van der Waals surface area contributed by atoms with Crippen molar-refractivity contribution in [1.82, 2.24) is 20.2 Å². The molecule has 0 atom stereocenters. The van der Waals surface area contributed by atoms with Crippen molar-refractivity contribution >= 4 is 29.9 Å². The molecule has 2 N–H and O–H groups in total. The van der Waals surface area contributed by atoms with Gasteiger partial charge in [-0.2, -0.15) is 0 Å². The fourth-order valence-corrected chi connectivity index (χ4v) is 3.22. The Balaban J connectivity index is 0.00000225. The van der Waals surface area contributed by atoms with Crippen LogP contribution in [0.2, 0.25) is 0 Å². The lowest BCUT2D eigenvalue weighted by atomic mass is 9.96. The highest BCUT2D eigenvalue weighted by molar-refractivity contribution is 14.0. The molecule has 0 unspecified atom stereocenters. The first-order valence-electron chi connectivity index (χ1n) is 8.98. The molecule has 1 heterocycles. The van der Waals surface area contributed by atoms with E-state index < -0.39 is 0 Å². The molecule has 25 heavy (non-hydrogen) atoms. The lowest BCUT2D eigenvalue weighted by molar-refractivity contribution is 0.410. The number of imidazole rings is 1. The summed E-state index contributed by atoms with van der Waals surface area (Å²) in [4.78, 5) is 8.95. The highest BCUT2D eigenvalue weighted by Gasteiger charge is 2.14. The van der Waals surface area contributed by atoms with Gasteiger partial charge in [0.25, 0.3) is 0 Å². The van der Waals surface area contributed by atoms with Crippen molar-refractivity contribution in [1.29, 1.82) is 0 Å². The summed E-state index contributed by atoms with van der Waals surface area (Å²) >= 11 is 0. The van der Waals surface area contributed by atoms with Gasteiger partial charge in [0.05, 0.1) is 18.6 Å². The Morgan fingerprint density at radius 2 is 2.04 bits per heavy atom. The Bertz CT molecular complexity index is 648. The maximum atomic E-state index is 4.81. The van der Waals surface area contributed by atoms with Crippen LogP contribution in [0.4, 0.5) is 0 Å². The molecule has 1 aliphatic carbocycles. The molecule has 1 aromatic carbocycles. The fraction of sp³-hybridized carbons (Fsp3) is 0.474. The lowest BCUT2D eigenvalue weighted by Crippen LogP contribution is -2.44. The van der Waals surface area contributed by atoms with E-state index in [1.165, 1.54) is 37.7 Å². The molecule has 0 saturated heterocycles. The number of guanidine groups is 1. The minimum atomic E-state index is 0. The number of hydrogen-bond donors (Lipinski definition) is 2. The zero-order chi connectivity index (χ0) is 16.6. The van der Waals surface area contributed by atoms with Gasteiger partial charge in [0, 0.05) is 25.0 Å². The highest BCUT2D eigenvalue weighted by Crippen LogP contribution is 2.18. The van der Waals surface area contributed by atoms with E-state index >= 15 is 0 Å². The van der Waals surface area contributed by atoms with Crippen LogP contribution < -0.4 is 10.6 Å². The van der Waals surface area contributed by atoms with Crippen molar-refractivity contribution in [3.05, 3.63) is 48.5 Å². The lowest BCUT2D eigenvalue weighted by Gasteiger charge is -2.25. The molecule has 0 amide bonds. The number of aliphatic imine (C=N–C) groups is 1. The molecule has 0 radical (unpaired) electrons. The van der Waals surface area contributed by atoms with Gasteiger partial charge in [-0.3, -0.25) is 0 Å². The first-order chi connectivity index (χ1) is 11.9. The number of rotatable bonds is 5. The van der Waals surface area contributed by atoms with Crippen LogP contribution in [0.15, 0.2) is 48.0 Å². The van der Waals surface area contributed by atoms with E-state index in [1.807, 2.05) is 23.2 Å². The van der Waals surface area contributed by atoms with E-state index in [-0.39, 0.29) is 24.0 Å². The second-order valence-electron chi connectivity index (χ2n) is 6.27. The van der Waals surface area contributed by atoms with Crippen molar-refractivity contribution in [2.75, 3.05) is 6.54 Å². The largest absolute Gasteiger partial charge is 0.357 e. The summed E-state index contributed by atoms with van der Waals surface area (Å²) in [6.07, 6.45) is 12.1. The molecule has 1 aromatic heterocycles. The molecule has 0 spiro atoms. The third-order valence-corrected chi connectivity index (χ3v) is 4.47. The maximum Gasteiger partial charge on any atom is 0.191 e. The highest BCUT2D eigenvalue weighted by atomic mass is 127. The van der Waals surface area contributed by atoms with E-state index in [9.17, 15) is 0 Å². The summed E-state index contributed by atoms with van der Waals surface area (Å²) in [6.45, 7) is 3.63. The standard InChI is InChI=1S/C19H27N5.HI/c1-2-21-19(23-17-9-4-3-5-10-17)22-14-16-8-6-7-11-18(16)24-13-12-20-15-24;/h6-8,11-13,15,17H,2-5,9-10,14H2,1H3,(H2,21,22,23);1H. The van der Waals surface area contributed by atoms with E-state index in [0.29, 0.717) is 12.6 Å². The predicted octanol–water partition coefficient (Wildman–Crippen LogP) is 3.88. The van der Waals surface area contributed by atoms with Crippen LogP contribution in [-0.4, -0.2) is 28.1 Å². The Hall–Kier alpha value is -1.57. The monoisotopic (exact) mass is 453 g/mol. The summed E-state index contributed by atoms with van der Waals surface area (Å²) in [5, 5.41) is 6.98. The molecule has 2 aromatic rings. The van der Waals surface area contributed by atoms with Crippen molar-refractivity contribution in [3.8, 4) is 5.69 Å². The third-order valence-electron chi connectivity index (χ3n) is 4.47. The zero-order valence-corrected chi connectivity index (χ0v) is 17.1. The van der Waals surface area contributed by atoms with Gasteiger partial charge in [-0.15, -0.1) is 24.0 Å². The van der Waals surface area contributed by atoms with Crippen LogP contribution >= 0.6 is 24.0 Å². The maximum absolute atomic E-state index is 4.81. The fourth-order valence-electron chi connectivity index (χ4n) is 3.22. The van der Waals surface area contributed by atoms with Gasteiger partial charge >= 0.3 is 0 Å². The van der Waals surface area contributed by atoms with Crippen LogP contribution in [0.5, 0.6) is 0 Å². The summed E-state index contributed by atoms with van der Waals surface area (Å²) in [7, 11) is 0. The second-order valence-corrected chi connectivity index (χ2v) is 6.27. The Labute approximate surface area is 167 Å². The van der Waals surface area contributed by atoms with Crippen LogP contribution in [0.25, 0.3) is 5.69 Å². The molecule has 5 nitrogen and oxygen atoms in total. The minimum absolute atomic E-state index is 0. The third kappa shape index (κ3) is 5.73. The number of nitrogens with zero attached hydrogens (tertiary/aromatic N) is 3. The molecule has 1 aliphatic rings. The van der Waals surface area contributed by atoms with Crippen molar-refractivity contribution in [3.63, 3.8) is 0 Å². The number of hydrogen-bond acceptors (Lipinski definition) is 2. The number of halogens is 1. The topological polar surface area (TPSA) is 54.2 Å². The van der Waals surface area contributed by atoms with E-state index in [4.69, 9.17) is 4.99 Å². The van der Waals surface area contributed by atoms with Crippen molar-refractivity contribution < 1.29 is 0 Å². The summed E-state index contributed by atoms with van der Waals surface area (Å²) in [5.41, 5.74) is 2.32. The molecule has 136 valence electrons. The van der Waals surface area contributed by atoms with Crippen LogP contribution in [0.3, 0.4) is 0 Å². The molecular formula is C19H28IN5. The van der Waals surface area contributed by atoms with Gasteiger partial charge in [-0.25, -0.2) is 9.98 Å². The predicted molar refractivity (Wildman–Crippen MR) is 114 cm³/mol. The van der Waals surface area contributed by atoms with Gasteiger partial charge < -0.3 is 15.2 Å². The minimum Gasteiger partial charge on any atom is -0.357 e. The zero-order valence-electron chi connectivity index (χ0n) is 14.8. The smallest absolute Gasteiger partial charge is 0.191 e. The number of para-hydroxylation sites is 1. The van der Waals surface area contributed by atoms with Gasteiger partial charge in [-0.05, 0) is 31.4 Å². The van der Waals surface area contributed by atoms with Crippen molar-refractivity contribution in [2.24, 2.45) is 4.99 Å². The Morgan fingerprint density at radius 1 is 1.24 bits per heavy atom. The van der Waals surface area contributed by atoms with Crippen molar-refractivity contribution in [2.45, 2.75) is 51.6 Å². The molecule has 0 bridgehead atoms. The molecule has 6 heteroatoms. The van der Waals surface area contributed by atoms with Crippen LogP contribution in [0.1, 0.15) is 44.6 Å². The summed E-state index contributed by atoms with van der Waals surface area (Å²) < 4.78 is 2.03. The average Bonchev–Trinajstić information content (AvgIpc) is 3.15. The van der Waals surface area contributed by atoms with Crippen LogP contribution in [-0.2, 0) is 6.54 Å². The first-order valence-corrected chi connectivity index (χ1v) is 8.98. The van der Waals surface area contributed by atoms with Gasteiger partial charge in [0.2, 0.25) is 0 Å². The quantitative estimate of drug-likeness (QED) is 0.411. The van der Waals surface area contributed by atoms with E-state index in [0.717, 1.165) is 18.2 Å². The normalized spacial score (nSPS) is 15.5. The second kappa shape index (κ2) is 10.4. The summed E-state index contributed by atoms with van der Waals surface area (Å²) in [5.74, 6) is 0.921. The number of nitrogens with one attached hydrogen (secondary N) is 2.